The number of aromatic nitrogens is 3. The van der Waals surface area contributed by atoms with Crippen molar-refractivity contribution in [3.63, 3.8) is 0 Å². The second-order valence-corrected chi connectivity index (χ2v) is 11.6. The van der Waals surface area contributed by atoms with Crippen LogP contribution in [0.1, 0.15) is 37.6 Å². The summed E-state index contributed by atoms with van der Waals surface area (Å²) >= 11 is 0. The Bertz CT molecular complexity index is 2060. The normalized spacial score (nSPS) is 12.1. The van der Waals surface area contributed by atoms with Gasteiger partial charge < -0.3 is 4.42 Å². The van der Waals surface area contributed by atoms with Crippen molar-refractivity contribution in [2.24, 2.45) is 0 Å². The number of furan rings is 1. The standard InChI is InChI=1S/C36H31N3O/c1-22-15-18-27(33-32(22)26-19-16-23(2)37-35(26)40-33)34-38-29-13-9-10-14-31(29)39(34)30-20-17-25(21-28(30)36(3,4)5)24-11-7-6-8-12-24/h6-21H,1-5H3. The number of aryl methyl sites for hydroxylation is 2. The largest absolute Gasteiger partial charge is 0.437 e. The first-order chi connectivity index (χ1) is 19.3. The number of para-hydroxylation sites is 2. The number of pyridine rings is 1. The van der Waals surface area contributed by atoms with E-state index in [9.17, 15) is 0 Å². The highest BCUT2D eigenvalue weighted by Gasteiger charge is 2.25. The van der Waals surface area contributed by atoms with Crippen molar-refractivity contribution in [1.82, 2.24) is 14.5 Å². The summed E-state index contributed by atoms with van der Waals surface area (Å²) in [5.74, 6) is 0.861. The minimum Gasteiger partial charge on any atom is -0.437 e. The number of fused-ring (bicyclic) bond motifs is 4. The summed E-state index contributed by atoms with van der Waals surface area (Å²) in [6.07, 6.45) is 0. The first-order valence-electron chi connectivity index (χ1n) is 13.8. The Morgan fingerprint density at radius 1 is 0.725 bits per heavy atom. The topological polar surface area (TPSA) is 43.9 Å². The molecule has 7 aromatic rings. The summed E-state index contributed by atoms with van der Waals surface area (Å²) in [5, 5.41) is 2.12. The fraction of sp³-hybridized carbons (Fsp3) is 0.167. The minimum absolute atomic E-state index is 0.105. The average molecular weight is 522 g/mol. The molecule has 0 amide bonds. The molecule has 196 valence electrons. The van der Waals surface area contributed by atoms with E-state index in [0.717, 1.165) is 55.7 Å². The molecule has 40 heavy (non-hydrogen) atoms. The van der Waals surface area contributed by atoms with Crippen molar-refractivity contribution < 1.29 is 4.42 Å². The van der Waals surface area contributed by atoms with Gasteiger partial charge in [0.2, 0.25) is 5.71 Å². The molecule has 0 aliphatic heterocycles. The van der Waals surface area contributed by atoms with E-state index in [-0.39, 0.29) is 5.41 Å². The van der Waals surface area contributed by atoms with Crippen LogP contribution in [0.15, 0.2) is 101 Å². The number of nitrogens with zero attached hydrogens (tertiary/aromatic N) is 3. The Morgan fingerprint density at radius 2 is 1.50 bits per heavy atom. The Hall–Kier alpha value is -4.70. The molecule has 3 aromatic heterocycles. The van der Waals surface area contributed by atoms with Gasteiger partial charge in [0.1, 0.15) is 11.4 Å². The fourth-order valence-electron chi connectivity index (χ4n) is 5.79. The van der Waals surface area contributed by atoms with Gasteiger partial charge in [-0.25, -0.2) is 9.97 Å². The third-order valence-electron chi connectivity index (χ3n) is 7.79. The molecule has 0 atom stereocenters. The maximum atomic E-state index is 6.50. The van der Waals surface area contributed by atoms with E-state index < -0.39 is 0 Å². The SMILES string of the molecule is Cc1ccc2c(n1)oc1c(-c3nc4ccccc4n3-c3ccc(-c4ccccc4)cc3C(C)(C)C)ccc(C)c12. The molecule has 0 radical (unpaired) electrons. The van der Waals surface area contributed by atoms with Gasteiger partial charge >= 0.3 is 0 Å². The molecule has 3 heterocycles. The van der Waals surface area contributed by atoms with Crippen LogP contribution >= 0.6 is 0 Å². The van der Waals surface area contributed by atoms with E-state index in [1.54, 1.807) is 0 Å². The summed E-state index contributed by atoms with van der Waals surface area (Å²) in [4.78, 5) is 9.92. The molecular formula is C36H31N3O. The molecule has 0 bridgehead atoms. The Balaban J connectivity index is 1.56. The van der Waals surface area contributed by atoms with Crippen molar-refractivity contribution in [3.8, 4) is 28.2 Å². The van der Waals surface area contributed by atoms with Gasteiger partial charge in [-0.1, -0.05) is 75.4 Å². The lowest BCUT2D eigenvalue weighted by Crippen LogP contribution is -2.16. The van der Waals surface area contributed by atoms with Crippen LogP contribution in [0.2, 0.25) is 0 Å². The highest BCUT2D eigenvalue weighted by Crippen LogP contribution is 2.41. The Labute approximate surface area is 233 Å². The summed E-state index contributed by atoms with van der Waals surface area (Å²) in [7, 11) is 0. The molecule has 0 fully saturated rings. The second kappa shape index (κ2) is 8.92. The van der Waals surface area contributed by atoms with Gasteiger partial charge in [-0.15, -0.1) is 0 Å². The van der Waals surface area contributed by atoms with Gasteiger partial charge in [-0.05, 0) is 84.0 Å². The molecule has 0 spiro atoms. The van der Waals surface area contributed by atoms with Crippen molar-refractivity contribution in [2.45, 2.75) is 40.0 Å². The number of imidazole rings is 1. The number of hydrogen-bond donors (Lipinski definition) is 0. The van der Waals surface area contributed by atoms with E-state index in [1.165, 1.54) is 16.7 Å². The molecule has 4 nitrogen and oxygen atoms in total. The molecule has 7 rings (SSSR count). The average Bonchev–Trinajstić information content (AvgIpc) is 3.52. The van der Waals surface area contributed by atoms with E-state index in [1.807, 2.05) is 19.1 Å². The van der Waals surface area contributed by atoms with Gasteiger partial charge in [0.15, 0.2) is 0 Å². The maximum absolute atomic E-state index is 6.50. The third-order valence-corrected chi connectivity index (χ3v) is 7.79. The van der Waals surface area contributed by atoms with Crippen LogP contribution in [0, 0.1) is 13.8 Å². The van der Waals surface area contributed by atoms with Gasteiger partial charge in [-0.3, -0.25) is 4.57 Å². The second-order valence-electron chi connectivity index (χ2n) is 11.6. The van der Waals surface area contributed by atoms with Gasteiger partial charge in [0, 0.05) is 16.5 Å². The van der Waals surface area contributed by atoms with Crippen LogP contribution in [-0.2, 0) is 5.41 Å². The smallest absolute Gasteiger partial charge is 0.227 e. The fourth-order valence-corrected chi connectivity index (χ4v) is 5.79. The van der Waals surface area contributed by atoms with E-state index >= 15 is 0 Å². The summed E-state index contributed by atoms with van der Waals surface area (Å²) in [6, 6.07) is 34.2. The molecule has 0 aliphatic rings. The molecule has 4 aromatic carbocycles. The zero-order valence-corrected chi connectivity index (χ0v) is 23.5. The van der Waals surface area contributed by atoms with Crippen LogP contribution < -0.4 is 0 Å². The van der Waals surface area contributed by atoms with E-state index in [4.69, 9.17) is 14.4 Å². The molecular weight excluding hydrogens is 490 g/mol. The van der Waals surface area contributed by atoms with Crippen LogP contribution in [0.3, 0.4) is 0 Å². The summed E-state index contributed by atoms with van der Waals surface area (Å²) in [6.45, 7) is 10.9. The van der Waals surface area contributed by atoms with Crippen molar-refractivity contribution >= 4 is 33.1 Å². The highest BCUT2D eigenvalue weighted by molar-refractivity contribution is 6.10. The summed E-state index contributed by atoms with van der Waals surface area (Å²) < 4.78 is 8.80. The predicted molar refractivity (Wildman–Crippen MR) is 165 cm³/mol. The third kappa shape index (κ3) is 3.83. The highest BCUT2D eigenvalue weighted by atomic mass is 16.3. The maximum Gasteiger partial charge on any atom is 0.227 e. The van der Waals surface area contributed by atoms with Crippen LogP contribution in [0.5, 0.6) is 0 Å². The quantitative estimate of drug-likeness (QED) is 0.232. The van der Waals surface area contributed by atoms with E-state index in [0.29, 0.717) is 5.71 Å². The van der Waals surface area contributed by atoms with Crippen LogP contribution in [0.4, 0.5) is 0 Å². The molecule has 4 heteroatoms. The first kappa shape index (κ1) is 24.3. The van der Waals surface area contributed by atoms with E-state index in [2.05, 4.69) is 117 Å². The molecule has 0 unspecified atom stereocenters. The van der Waals surface area contributed by atoms with Gasteiger partial charge in [0.05, 0.1) is 22.3 Å². The monoisotopic (exact) mass is 521 g/mol. The molecule has 0 N–H and O–H groups in total. The Morgan fingerprint density at radius 3 is 2.30 bits per heavy atom. The van der Waals surface area contributed by atoms with Gasteiger partial charge in [-0.2, -0.15) is 0 Å². The first-order valence-corrected chi connectivity index (χ1v) is 13.8. The number of hydrogen-bond acceptors (Lipinski definition) is 3. The zero-order chi connectivity index (χ0) is 27.6. The zero-order valence-electron chi connectivity index (χ0n) is 23.5. The van der Waals surface area contributed by atoms with Gasteiger partial charge in [0.25, 0.3) is 0 Å². The lowest BCUT2D eigenvalue weighted by molar-refractivity contribution is 0.587. The van der Waals surface area contributed by atoms with Crippen molar-refractivity contribution in [1.29, 1.82) is 0 Å². The number of rotatable bonds is 3. The lowest BCUT2D eigenvalue weighted by atomic mass is 9.83. The summed E-state index contributed by atoms with van der Waals surface area (Å²) in [5.41, 5.74) is 11.2. The van der Waals surface area contributed by atoms with Crippen molar-refractivity contribution in [2.75, 3.05) is 0 Å². The molecule has 0 aliphatic carbocycles. The van der Waals surface area contributed by atoms with Crippen LogP contribution in [-0.4, -0.2) is 14.5 Å². The predicted octanol–water partition coefficient (Wildman–Crippen LogP) is 9.57. The molecule has 0 saturated carbocycles. The lowest BCUT2D eigenvalue weighted by Gasteiger charge is -2.25. The van der Waals surface area contributed by atoms with Crippen molar-refractivity contribution in [3.05, 3.63) is 114 Å². The minimum atomic E-state index is -0.105. The Kier molecular flexibility index (Phi) is 5.43. The molecule has 0 saturated heterocycles. The van der Waals surface area contributed by atoms with Crippen LogP contribution in [0.25, 0.3) is 61.3 Å². The number of benzene rings is 4.